The molecule has 1 aliphatic rings. The van der Waals surface area contributed by atoms with Crippen molar-refractivity contribution >= 4 is 17.4 Å². The van der Waals surface area contributed by atoms with Crippen molar-refractivity contribution in [1.29, 1.82) is 0 Å². The Morgan fingerprint density at radius 2 is 1.81 bits per heavy atom. The van der Waals surface area contributed by atoms with Crippen molar-refractivity contribution in [3.63, 3.8) is 0 Å². The number of ether oxygens (including phenoxy) is 1. The summed E-state index contributed by atoms with van der Waals surface area (Å²) in [6.07, 6.45) is 0. The minimum atomic E-state index is -0.817. The van der Waals surface area contributed by atoms with Gasteiger partial charge in [-0.3, -0.25) is 9.59 Å². The molecule has 1 amide bonds. The van der Waals surface area contributed by atoms with Crippen molar-refractivity contribution < 1.29 is 28.7 Å². The zero-order valence-corrected chi connectivity index (χ0v) is 18.0. The minimum absolute atomic E-state index is 0.112. The highest BCUT2D eigenvalue weighted by molar-refractivity contribution is 6.46. The van der Waals surface area contributed by atoms with E-state index in [0.717, 1.165) is 25.2 Å². The van der Waals surface area contributed by atoms with Gasteiger partial charge in [-0.05, 0) is 49.2 Å². The third-order valence-electron chi connectivity index (χ3n) is 5.75. The lowest BCUT2D eigenvalue weighted by molar-refractivity contribution is -0.895. The van der Waals surface area contributed by atoms with Crippen LogP contribution in [0.25, 0.3) is 5.76 Å². The second-order valence-electron chi connectivity index (χ2n) is 7.46. The van der Waals surface area contributed by atoms with Crippen LogP contribution < -0.4 is 14.7 Å². The third kappa shape index (κ3) is 4.61. The fraction of sp³-hybridized carbons (Fsp3) is 0.333. The van der Waals surface area contributed by atoms with Gasteiger partial charge in [-0.2, -0.15) is 0 Å². The monoisotopic (exact) mass is 426 g/mol. The molecule has 1 atom stereocenters. The lowest BCUT2D eigenvalue weighted by Crippen LogP contribution is -3.12. The van der Waals surface area contributed by atoms with Gasteiger partial charge in [0, 0.05) is 5.57 Å². The van der Waals surface area contributed by atoms with E-state index in [1.165, 1.54) is 29.0 Å². The molecule has 1 fully saturated rings. The maximum absolute atomic E-state index is 13.3. The first-order chi connectivity index (χ1) is 14.9. The van der Waals surface area contributed by atoms with E-state index in [1.807, 2.05) is 0 Å². The number of likely N-dealkylation sites (tertiary alicyclic amines) is 1. The molecule has 2 aromatic rings. The molecule has 0 radical (unpaired) electrons. The van der Waals surface area contributed by atoms with Gasteiger partial charge in [0.25, 0.3) is 5.91 Å². The number of halogens is 1. The van der Waals surface area contributed by atoms with E-state index in [9.17, 15) is 19.1 Å². The van der Waals surface area contributed by atoms with Crippen molar-refractivity contribution in [2.24, 2.45) is 0 Å². The highest BCUT2D eigenvalue weighted by Gasteiger charge is 2.44. The van der Waals surface area contributed by atoms with Crippen LogP contribution in [0, 0.1) is 5.82 Å². The number of carbonyl (C=O) groups excluding carboxylic acids is 2. The van der Waals surface area contributed by atoms with E-state index in [1.54, 1.807) is 24.3 Å². The van der Waals surface area contributed by atoms with Crippen LogP contribution >= 0.6 is 0 Å². The molecule has 1 unspecified atom stereocenters. The maximum Gasteiger partial charge on any atom is 0.295 e. The highest BCUT2D eigenvalue weighted by Crippen LogP contribution is 2.39. The number of amides is 1. The van der Waals surface area contributed by atoms with Gasteiger partial charge >= 0.3 is 0 Å². The van der Waals surface area contributed by atoms with Gasteiger partial charge in [0.1, 0.15) is 11.6 Å². The standard InChI is InChI=1S/C24H27FN2O4/c1-4-26(5-2)13-14-27-21(17-7-6-8-19(15-17)31-3)20(23(29)24(27)30)22(28)16-9-11-18(25)12-10-16/h6-12,15,21,28H,4-5,13-14H2,1-3H3. The van der Waals surface area contributed by atoms with Gasteiger partial charge in [0.05, 0.1) is 39.3 Å². The average molecular weight is 426 g/mol. The number of rotatable bonds is 8. The Balaban J connectivity index is 2.11. The van der Waals surface area contributed by atoms with Gasteiger partial charge in [-0.15, -0.1) is 0 Å². The molecule has 0 saturated carbocycles. The van der Waals surface area contributed by atoms with Gasteiger partial charge in [-0.25, -0.2) is 4.39 Å². The van der Waals surface area contributed by atoms with Crippen LogP contribution in [0.1, 0.15) is 31.0 Å². The van der Waals surface area contributed by atoms with Gasteiger partial charge in [0.15, 0.2) is 0 Å². The molecular weight excluding hydrogens is 399 g/mol. The lowest BCUT2D eigenvalue weighted by atomic mass is 9.95. The van der Waals surface area contributed by atoms with Crippen LogP contribution in [-0.4, -0.2) is 49.9 Å². The van der Waals surface area contributed by atoms with Crippen LogP contribution in [-0.2, 0) is 9.59 Å². The Morgan fingerprint density at radius 1 is 1.13 bits per heavy atom. The molecule has 0 spiro atoms. The number of ketones is 1. The molecule has 7 heteroatoms. The summed E-state index contributed by atoms with van der Waals surface area (Å²) in [6.45, 7) is 6.90. The van der Waals surface area contributed by atoms with Gasteiger partial charge in [0.2, 0.25) is 5.78 Å². The SMILES string of the molecule is CC[NH+](CC)CCN1C(=O)C(=O)C(=C([O-])c2ccc(F)cc2)C1c1cccc(OC)c1. The van der Waals surface area contributed by atoms with Crippen LogP contribution in [0.15, 0.2) is 54.1 Å². The summed E-state index contributed by atoms with van der Waals surface area (Å²) in [4.78, 5) is 28.6. The van der Waals surface area contributed by atoms with E-state index in [-0.39, 0.29) is 11.1 Å². The largest absolute Gasteiger partial charge is 0.872 e. The number of methoxy groups -OCH3 is 1. The first-order valence-corrected chi connectivity index (χ1v) is 10.4. The molecule has 1 heterocycles. The Hall–Kier alpha value is -3.19. The third-order valence-corrected chi connectivity index (χ3v) is 5.75. The molecule has 0 aliphatic carbocycles. The summed E-state index contributed by atoms with van der Waals surface area (Å²) < 4.78 is 18.6. The Bertz CT molecular complexity index is 983. The van der Waals surface area contributed by atoms with E-state index in [4.69, 9.17) is 4.74 Å². The maximum atomic E-state index is 13.3. The second-order valence-corrected chi connectivity index (χ2v) is 7.46. The minimum Gasteiger partial charge on any atom is -0.872 e. The fourth-order valence-electron chi connectivity index (χ4n) is 3.90. The number of benzene rings is 2. The quantitative estimate of drug-likeness (QED) is 0.388. The van der Waals surface area contributed by atoms with E-state index in [2.05, 4.69) is 13.8 Å². The number of carbonyl (C=O) groups is 2. The van der Waals surface area contributed by atoms with Crippen molar-refractivity contribution in [2.75, 3.05) is 33.3 Å². The van der Waals surface area contributed by atoms with Crippen molar-refractivity contribution in [3.05, 3.63) is 71.0 Å². The van der Waals surface area contributed by atoms with Crippen LogP contribution in [0.3, 0.4) is 0 Å². The highest BCUT2D eigenvalue weighted by atomic mass is 19.1. The number of likely N-dealkylation sites (N-methyl/N-ethyl adjacent to an activating group) is 1. The molecule has 164 valence electrons. The van der Waals surface area contributed by atoms with E-state index in [0.29, 0.717) is 24.4 Å². The average Bonchev–Trinajstić information content (AvgIpc) is 3.04. The predicted molar refractivity (Wildman–Crippen MR) is 113 cm³/mol. The fourth-order valence-corrected chi connectivity index (χ4v) is 3.90. The molecule has 1 saturated heterocycles. The van der Waals surface area contributed by atoms with Crippen molar-refractivity contribution in [1.82, 2.24) is 4.90 Å². The number of hydrogen-bond acceptors (Lipinski definition) is 4. The zero-order valence-electron chi connectivity index (χ0n) is 18.0. The molecular formula is C24H27FN2O4. The lowest BCUT2D eigenvalue weighted by Gasteiger charge is -2.28. The molecule has 2 aromatic carbocycles. The van der Waals surface area contributed by atoms with Crippen LogP contribution in [0.4, 0.5) is 4.39 Å². The van der Waals surface area contributed by atoms with E-state index >= 15 is 0 Å². The predicted octanol–water partition coefficient (Wildman–Crippen LogP) is 0.983. The number of nitrogens with one attached hydrogen (secondary N) is 1. The topological polar surface area (TPSA) is 74.1 Å². The van der Waals surface area contributed by atoms with Crippen LogP contribution in [0.2, 0.25) is 0 Å². The number of Topliss-reactive ketones (excluding diaryl/α,β-unsaturated/α-hetero) is 1. The van der Waals surface area contributed by atoms with Gasteiger partial charge < -0.3 is 19.6 Å². The number of nitrogens with zero attached hydrogens (tertiary/aromatic N) is 1. The summed E-state index contributed by atoms with van der Waals surface area (Å²) in [7, 11) is 1.53. The first kappa shape index (κ1) is 22.5. The molecule has 31 heavy (non-hydrogen) atoms. The molecule has 0 aromatic heterocycles. The zero-order chi connectivity index (χ0) is 22.5. The molecule has 1 N–H and O–H groups in total. The Kier molecular flexibility index (Phi) is 7.07. The van der Waals surface area contributed by atoms with Crippen molar-refractivity contribution in [2.45, 2.75) is 19.9 Å². The molecule has 3 rings (SSSR count). The number of hydrogen-bond donors (Lipinski definition) is 1. The van der Waals surface area contributed by atoms with Crippen molar-refractivity contribution in [3.8, 4) is 5.75 Å². The first-order valence-electron chi connectivity index (χ1n) is 10.4. The summed E-state index contributed by atoms with van der Waals surface area (Å²) in [5, 5.41) is 13.3. The van der Waals surface area contributed by atoms with E-state index < -0.39 is 29.3 Å². The molecule has 1 aliphatic heterocycles. The molecule has 6 nitrogen and oxygen atoms in total. The normalized spacial score (nSPS) is 18.1. The smallest absolute Gasteiger partial charge is 0.295 e. The van der Waals surface area contributed by atoms with Gasteiger partial charge in [-0.1, -0.05) is 30.0 Å². The summed E-state index contributed by atoms with van der Waals surface area (Å²) in [6, 6.07) is 11.2. The van der Waals surface area contributed by atoms with Crippen LogP contribution in [0.5, 0.6) is 5.75 Å². The molecule has 0 bridgehead atoms. The summed E-state index contributed by atoms with van der Waals surface area (Å²) in [5.74, 6) is -1.99. The Labute approximate surface area is 181 Å². The Morgan fingerprint density at radius 3 is 2.42 bits per heavy atom. The summed E-state index contributed by atoms with van der Waals surface area (Å²) in [5.41, 5.74) is 0.680. The summed E-state index contributed by atoms with van der Waals surface area (Å²) >= 11 is 0. The second kappa shape index (κ2) is 9.75. The number of quaternary nitrogens is 1.